The van der Waals surface area contributed by atoms with E-state index in [1.54, 1.807) is 18.2 Å². The summed E-state index contributed by atoms with van der Waals surface area (Å²) in [6, 6.07) is 7.94. The van der Waals surface area contributed by atoms with Gasteiger partial charge < -0.3 is 19.3 Å². The van der Waals surface area contributed by atoms with Crippen molar-refractivity contribution in [3.8, 4) is 17.2 Å². The molecule has 0 spiro atoms. The molecular weight excluding hydrogens is 427 g/mol. The van der Waals surface area contributed by atoms with Crippen molar-refractivity contribution in [3.63, 3.8) is 0 Å². The fourth-order valence-corrected chi connectivity index (χ4v) is 4.24. The maximum absolute atomic E-state index is 13.9. The number of benzene rings is 2. The van der Waals surface area contributed by atoms with Gasteiger partial charge in [-0.1, -0.05) is 18.2 Å². The van der Waals surface area contributed by atoms with Gasteiger partial charge in [0.1, 0.15) is 0 Å². The van der Waals surface area contributed by atoms with Crippen molar-refractivity contribution in [1.29, 1.82) is 0 Å². The first-order chi connectivity index (χ1) is 15.2. The average Bonchev–Trinajstić information content (AvgIpc) is 2.78. The molecule has 9 heteroatoms. The second kappa shape index (κ2) is 9.68. The number of carbonyl (C=O) groups is 1. The smallest absolute Gasteiger partial charge is 0.416 e. The molecule has 1 unspecified atom stereocenters. The van der Waals surface area contributed by atoms with Crippen molar-refractivity contribution < 1.29 is 37.3 Å². The van der Waals surface area contributed by atoms with E-state index in [4.69, 9.17) is 14.2 Å². The van der Waals surface area contributed by atoms with Crippen molar-refractivity contribution in [3.05, 3.63) is 53.1 Å². The van der Waals surface area contributed by atoms with E-state index in [1.165, 1.54) is 33.5 Å². The van der Waals surface area contributed by atoms with Crippen LogP contribution in [0.3, 0.4) is 0 Å². The largest absolute Gasteiger partial charge is 0.493 e. The van der Waals surface area contributed by atoms with Gasteiger partial charge in [-0.05, 0) is 55.3 Å². The molecule has 2 aromatic carbocycles. The molecule has 0 saturated carbocycles. The summed E-state index contributed by atoms with van der Waals surface area (Å²) in [6.07, 6.45) is -3.84. The Kier molecular flexibility index (Phi) is 7.18. The topological polar surface area (TPSA) is 68.2 Å². The Morgan fingerprint density at radius 1 is 1.03 bits per heavy atom. The third kappa shape index (κ3) is 4.77. The van der Waals surface area contributed by atoms with E-state index >= 15 is 0 Å². The number of carboxylic acids is 1. The van der Waals surface area contributed by atoms with Crippen molar-refractivity contribution >= 4 is 5.97 Å². The highest BCUT2D eigenvalue weighted by atomic mass is 19.4. The van der Waals surface area contributed by atoms with Crippen molar-refractivity contribution in [2.75, 3.05) is 34.4 Å². The van der Waals surface area contributed by atoms with Gasteiger partial charge >= 0.3 is 12.1 Å². The lowest BCUT2D eigenvalue weighted by Gasteiger charge is -2.38. The Bertz CT molecular complexity index is 930. The van der Waals surface area contributed by atoms with E-state index in [-0.39, 0.29) is 5.56 Å². The number of halogens is 3. The lowest BCUT2D eigenvalue weighted by molar-refractivity contribution is -0.143. The fraction of sp³-hybridized carbons (Fsp3) is 0.435. The van der Waals surface area contributed by atoms with Crippen molar-refractivity contribution in [2.24, 2.45) is 5.92 Å². The summed E-state index contributed by atoms with van der Waals surface area (Å²) in [6.45, 7) is 0.676. The van der Waals surface area contributed by atoms with Crippen LogP contribution in [-0.4, -0.2) is 50.4 Å². The Morgan fingerprint density at radius 2 is 1.59 bits per heavy atom. The molecule has 0 aromatic heterocycles. The van der Waals surface area contributed by atoms with Crippen LogP contribution in [0.5, 0.6) is 17.2 Å². The highest BCUT2D eigenvalue weighted by Gasteiger charge is 2.38. The fourth-order valence-electron chi connectivity index (χ4n) is 4.24. The van der Waals surface area contributed by atoms with Gasteiger partial charge in [-0.2, -0.15) is 13.2 Å². The van der Waals surface area contributed by atoms with Crippen LogP contribution in [-0.2, 0) is 11.0 Å². The van der Waals surface area contributed by atoms with Crippen LogP contribution >= 0.6 is 0 Å². The van der Waals surface area contributed by atoms with E-state index in [2.05, 4.69) is 0 Å². The number of alkyl halides is 3. The van der Waals surface area contributed by atoms with Crippen LogP contribution < -0.4 is 14.2 Å². The number of hydrogen-bond donors (Lipinski definition) is 1. The number of carboxylic acid groups (broad SMARTS) is 1. The molecule has 1 aliphatic heterocycles. The lowest BCUT2D eigenvalue weighted by Crippen LogP contribution is -2.39. The Morgan fingerprint density at radius 3 is 2.06 bits per heavy atom. The molecule has 6 nitrogen and oxygen atoms in total. The second-order valence-corrected chi connectivity index (χ2v) is 7.59. The molecule has 1 heterocycles. The lowest BCUT2D eigenvalue weighted by atomic mass is 9.89. The van der Waals surface area contributed by atoms with Crippen LogP contribution in [0, 0.1) is 5.92 Å². The normalized spacial score (nSPS) is 16.4. The van der Waals surface area contributed by atoms with Gasteiger partial charge in [0.25, 0.3) is 0 Å². The maximum atomic E-state index is 13.9. The Labute approximate surface area is 184 Å². The summed E-state index contributed by atoms with van der Waals surface area (Å²) in [7, 11) is 4.34. The third-order valence-electron chi connectivity index (χ3n) is 5.81. The van der Waals surface area contributed by atoms with Gasteiger partial charge in [0.15, 0.2) is 11.5 Å². The number of rotatable bonds is 7. The molecular formula is C23H26F3NO5. The van der Waals surface area contributed by atoms with Gasteiger partial charge in [0.2, 0.25) is 5.75 Å². The zero-order valence-corrected chi connectivity index (χ0v) is 18.1. The summed E-state index contributed by atoms with van der Waals surface area (Å²) >= 11 is 0. The van der Waals surface area contributed by atoms with Crippen LogP contribution in [0.2, 0.25) is 0 Å². The molecule has 32 heavy (non-hydrogen) atoms. The predicted octanol–water partition coefficient (Wildman–Crippen LogP) is 4.62. The molecule has 1 atom stereocenters. The predicted molar refractivity (Wildman–Crippen MR) is 111 cm³/mol. The summed E-state index contributed by atoms with van der Waals surface area (Å²) in [5, 5.41) is 9.33. The first-order valence-electron chi connectivity index (χ1n) is 10.1. The summed E-state index contributed by atoms with van der Waals surface area (Å²) in [5.74, 6) is -0.394. The highest BCUT2D eigenvalue weighted by molar-refractivity contribution is 5.70. The Hall–Kier alpha value is -2.94. The monoisotopic (exact) mass is 453 g/mol. The Balaban J connectivity index is 2.16. The minimum Gasteiger partial charge on any atom is -0.493 e. The molecule has 1 saturated heterocycles. The van der Waals surface area contributed by atoms with Crippen LogP contribution in [0.15, 0.2) is 36.4 Å². The van der Waals surface area contributed by atoms with Crippen LogP contribution in [0.4, 0.5) is 13.2 Å². The number of methoxy groups -OCH3 is 3. The van der Waals surface area contributed by atoms with Crippen molar-refractivity contribution in [2.45, 2.75) is 25.1 Å². The molecule has 174 valence electrons. The molecule has 0 amide bonds. The molecule has 1 aliphatic rings. The average molecular weight is 453 g/mol. The van der Waals surface area contributed by atoms with Crippen molar-refractivity contribution in [1.82, 2.24) is 4.90 Å². The number of piperidine rings is 1. The first kappa shape index (κ1) is 23.7. The summed E-state index contributed by atoms with van der Waals surface area (Å²) in [4.78, 5) is 13.3. The molecule has 1 fully saturated rings. The molecule has 0 radical (unpaired) electrons. The van der Waals surface area contributed by atoms with Gasteiger partial charge in [-0.25, -0.2) is 0 Å². The highest BCUT2D eigenvalue weighted by Crippen LogP contribution is 2.45. The quantitative estimate of drug-likeness (QED) is 0.660. The number of nitrogens with zero attached hydrogens (tertiary/aromatic N) is 1. The number of likely N-dealkylation sites (tertiary alicyclic amines) is 1. The molecule has 2 aromatic rings. The van der Waals surface area contributed by atoms with Gasteiger partial charge in [-0.3, -0.25) is 9.69 Å². The van der Waals surface area contributed by atoms with Gasteiger partial charge in [0.05, 0.1) is 38.9 Å². The SMILES string of the molecule is COc1cc(C(c2ccccc2C(F)(F)F)N2CCC(C(=O)O)CC2)cc(OC)c1OC. The van der Waals surface area contributed by atoms with E-state index in [1.807, 2.05) is 4.90 Å². The standard InChI is InChI=1S/C23H26F3NO5/c1-30-18-12-15(13-19(31-2)21(18)32-3)20(27-10-8-14(9-11-27)22(28)29)16-6-4-5-7-17(16)23(24,25)26/h4-7,12-14,20H,8-11H2,1-3H3,(H,28,29). The second-order valence-electron chi connectivity index (χ2n) is 7.59. The first-order valence-corrected chi connectivity index (χ1v) is 10.1. The summed E-state index contributed by atoms with van der Waals surface area (Å²) < 4.78 is 57.9. The van der Waals surface area contributed by atoms with E-state index in [9.17, 15) is 23.1 Å². The minimum absolute atomic E-state index is 0.0862. The van der Waals surface area contributed by atoms with Crippen LogP contribution in [0.1, 0.15) is 35.6 Å². The molecule has 0 aliphatic carbocycles. The zero-order chi connectivity index (χ0) is 23.5. The number of ether oxygens (including phenoxy) is 3. The molecule has 3 rings (SSSR count). The van der Waals surface area contributed by atoms with E-state index < -0.39 is 29.7 Å². The zero-order valence-electron chi connectivity index (χ0n) is 18.1. The third-order valence-corrected chi connectivity index (χ3v) is 5.81. The number of aliphatic carboxylic acids is 1. The van der Waals surface area contributed by atoms with Gasteiger partial charge in [-0.15, -0.1) is 0 Å². The minimum atomic E-state index is -4.55. The van der Waals surface area contributed by atoms with Crippen LogP contribution in [0.25, 0.3) is 0 Å². The summed E-state index contributed by atoms with van der Waals surface area (Å²) in [5.41, 5.74) is -0.118. The van der Waals surface area contributed by atoms with E-state index in [0.29, 0.717) is 48.7 Å². The maximum Gasteiger partial charge on any atom is 0.416 e. The van der Waals surface area contributed by atoms with E-state index in [0.717, 1.165) is 6.07 Å². The van der Waals surface area contributed by atoms with Gasteiger partial charge in [0, 0.05) is 0 Å². The molecule has 1 N–H and O–H groups in total. The number of hydrogen-bond acceptors (Lipinski definition) is 5. The molecule has 0 bridgehead atoms.